The van der Waals surface area contributed by atoms with Gasteiger partial charge in [-0.25, -0.2) is 28.6 Å². The molecule has 0 spiro atoms. The van der Waals surface area contributed by atoms with Crippen LogP contribution < -0.4 is 30.2 Å². The largest absolute Gasteiger partial charge is 0.490 e. The Bertz CT molecular complexity index is 1840. The van der Waals surface area contributed by atoms with Gasteiger partial charge in [-0.2, -0.15) is 8.62 Å². The first-order chi connectivity index (χ1) is 28.3. The number of nitrogen functional groups attached to an aromatic ring is 1. The summed E-state index contributed by atoms with van der Waals surface area (Å²) in [7, 11) is -18.2. The van der Waals surface area contributed by atoms with E-state index in [1.54, 1.807) is 0 Å². The van der Waals surface area contributed by atoms with Gasteiger partial charge in [-0.05, 0) is 0 Å². The minimum Gasteiger partial charge on any atom is -0.387 e. The molecule has 0 radical (unpaired) electrons. The highest BCUT2D eigenvalue weighted by Gasteiger charge is 2.47. The van der Waals surface area contributed by atoms with Gasteiger partial charge in [0.05, 0.1) is 21.1 Å². The number of nitrogens with zero attached hydrogens (tertiary/aromatic N) is 4. The molecule has 1 aliphatic rings. The van der Waals surface area contributed by atoms with E-state index < -0.39 is 84.1 Å². The van der Waals surface area contributed by atoms with E-state index in [1.807, 2.05) is 0 Å². The van der Waals surface area contributed by atoms with E-state index in [1.165, 1.54) is 0 Å². The van der Waals surface area contributed by atoms with Crippen molar-refractivity contribution in [3.05, 3.63) is 12.6 Å². The Kier molecular flexibility index (Phi) is 3.60. The molecule has 25 heteroatoms. The quantitative estimate of drug-likeness (QED) is 0.109. The molecule has 0 amide bonds. The summed E-state index contributed by atoms with van der Waals surface area (Å²) in [5.41, 5.74) is -1.95. The van der Waals surface area contributed by atoms with E-state index in [0.717, 1.165) is 0 Å². The summed E-state index contributed by atoms with van der Waals surface area (Å²) in [6.07, 6.45) is -20.1. The number of aromatic nitrogens is 4. The van der Waals surface area contributed by atoms with Crippen LogP contribution in [0.15, 0.2) is 12.6 Å². The van der Waals surface area contributed by atoms with Crippen molar-refractivity contribution in [1.29, 1.82) is 8.59 Å². The first-order valence-corrected chi connectivity index (χ1v) is 11.3. The molecule has 0 bridgehead atoms. The number of hydrogen-bond acceptors (Lipinski definition) is 21. The number of ether oxygens (including phenoxy) is 1. The number of phosphoric ester groups is 1. The van der Waals surface area contributed by atoms with Crippen molar-refractivity contribution < 1.29 is 92.1 Å². The molecular formula is C10H28N9O13P3. The third-order valence-electron chi connectivity index (χ3n) is 2.87. The zero-order chi connectivity index (χ0) is 50.5. The van der Waals surface area contributed by atoms with Crippen molar-refractivity contribution in [1.82, 2.24) is 44.0 Å². The Hall–Kier alpha value is -1.52. The van der Waals surface area contributed by atoms with Crippen molar-refractivity contribution in [2.75, 3.05) is 12.3 Å². The van der Waals surface area contributed by atoms with E-state index >= 15 is 0 Å². The lowest BCUT2D eigenvalue weighted by atomic mass is 10.1. The van der Waals surface area contributed by atoms with Crippen LogP contribution in [-0.2, 0) is 31.6 Å². The standard InChI is InChI=1S/C10H16N5O13P3.4H3N/c11-8-5-9(13-2-12-8)15(3-14-5)10-7(17)6(16)4(26-10)1-25-30(21,22)28-31(23,24)27-29(18,19)20;;;;/h2-4,6-7,10,16-17H,1H2,(H,21,22)(H,23,24)(H2,11,12,13)(H2,18,19,20);4*1H3/t4-,6-,7-,10-;;;;/m1..../s1/i1D2,2D,3D,4D,6D,7D,10D,16D,17D;;;;/hD18. The predicted octanol–water partition coefficient (Wildman–Crippen LogP) is -0.981. The Morgan fingerprint density at radius 3 is 2.49 bits per heavy atom. The normalized spacial score (nSPS) is 44.7. The molecule has 6 atom stereocenters. The highest BCUT2D eigenvalue weighted by atomic mass is 31.3. The maximum absolute atomic E-state index is 13.1. The molecule has 2 aromatic heterocycles. The Labute approximate surface area is 236 Å². The van der Waals surface area contributed by atoms with Gasteiger partial charge in [0.1, 0.15) is 49.7 Å². The van der Waals surface area contributed by atoms with Gasteiger partial charge in [0.15, 0.2) is 20.5 Å². The van der Waals surface area contributed by atoms with E-state index in [0.29, 0.717) is 0 Å². The number of hydrogen-bond donors (Lipinski definition) is 11. The van der Waals surface area contributed by atoms with Crippen molar-refractivity contribution in [3.8, 4) is 0 Å². The number of imidazole rings is 1. The maximum atomic E-state index is 13.1. The molecule has 2 aromatic rings. The van der Waals surface area contributed by atoms with E-state index in [9.17, 15) is 13.7 Å². The maximum Gasteiger partial charge on any atom is 0.490 e. The van der Waals surface area contributed by atoms with Gasteiger partial charge < -0.3 is 64.8 Å². The minimum atomic E-state index is -6.41. The topological polar surface area (TPSA) is 419 Å². The smallest absolute Gasteiger partial charge is 0.387 e. The number of phosphoric acid groups is 3. The van der Waals surface area contributed by atoms with Crippen LogP contribution in [0.25, 0.3) is 11.2 Å². The monoisotopic (exact) mass is 603 g/mol. The molecule has 3 heterocycles. The fraction of sp³-hybridized carbons (Fsp3) is 0.500. The minimum absolute atomic E-state index is 0.0441. The van der Waals surface area contributed by atoms with Gasteiger partial charge in [-0.1, -0.05) is 0 Å². The van der Waals surface area contributed by atoms with Crippen LogP contribution in [0.5, 0.6) is 0 Å². The second-order valence-corrected chi connectivity index (χ2v) is 9.13. The van der Waals surface area contributed by atoms with Crippen LogP contribution in [0.4, 0.5) is 5.82 Å². The summed E-state index contributed by atoms with van der Waals surface area (Å²) >= 11 is 0. The van der Waals surface area contributed by atoms with Crippen molar-refractivity contribution in [2.24, 2.45) is 0 Å². The fourth-order valence-electron chi connectivity index (χ4n) is 1.85. The third kappa shape index (κ3) is 8.53. The highest BCUT2D eigenvalue weighted by molar-refractivity contribution is 7.66. The molecule has 1 fully saturated rings. The highest BCUT2D eigenvalue weighted by Crippen LogP contribution is 2.66. The lowest BCUT2D eigenvalue weighted by Gasteiger charge is -2.19. The molecule has 0 aliphatic carbocycles. The summed E-state index contributed by atoms with van der Waals surface area (Å²) < 4.78 is 247. The second-order valence-electron chi connectivity index (χ2n) is 4.96. The predicted molar refractivity (Wildman–Crippen MR) is 116 cm³/mol. The van der Waals surface area contributed by atoms with Crippen LogP contribution in [0.2, 0.25) is 19.8 Å². The van der Waals surface area contributed by atoms with Crippen LogP contribution in [0.3, 0.4) is 0 Å². The van der Waals surface area contributed by atoms with Gasteiger partial charge in [-0.15, -0.1) is 0 Å². The van der Waals surface area contributed by atoms with Crippen LogP contribution in [0, 0.1) is 0 Å². The lowest BCUT2D eigenvalue weighted by Crippen LogP contribution is -2.33. The number of aliphatic hydroxyl groups is 2. The molecule has 2 unspecified atom stereocenters. The van der Waals surface area contributed by atoms with Crippen molar-refractivity contribution >= 4 is 40.4 Å². The molecule has 3 rings (SSSR count). The number of anilines is 1. The fourth-order valence-corrected chi connectivity index (χ4v) is 4.52. The first kappa shape index (κ1) is 9.98. The SMILES string of the molecule is [2H]N([2H])[2H].[2H]N([2H])[2H].[2H]N([2H])[2H].[2H]N([2H])[2H].[2H]O[C@@]1([2H])[C@@]([2H])(O[2H])[C@]([2H])(n2c([2H])nc3c(N([2H])[2H])nc([2H])nc32)O[C@]1([2H])C([2H])([2H])OP(=O)(O[2H])OP(=O)(O[2H])OP(=O)(O[2H])O[2H]. The Morgan fingerprint density at radius 1 is 1.17 bits per heavy atom. The summed E-state index contributed by atoms with van der Waals surface area (Å²) in [5.74, 6) is -0.828. The molecule has 0 aromatic carbocycles. The summed E-state index contributed by atoms with van der Waals surface area (Å²) in [4.78, 5) is 24.2. The molecular weight excluding hydrogens is 547 g/mol. The van der Waals surface area contributed by atoms with Gasteiger partial charge in [0.25, 0.3) is 0 Å². The average molecular weight is 603 g/mol. The molecule has 1 aliphatic heterocycles. The van der Waals surface area contributed by atoms with E-state index in [4.69, 9.17) is 44.1 Å². The van der Waals surface area contributed by atoms with Gasteiger partial charge in [0.2, 0.25) is 8.59 Å². The number of rotatable bonds is 15. The van der Waals surface area contributed by atoms with Crippen LogP contribution in [0.1, 0.15) is 17.2 Å². The Morgan fingerprint density at radius 2 is 1.89 bits per heavy atom. The third-order valence-corrected chi connectivity index (χ3v) is 6.38. The molecule has 0 saturated carbocycles. The average Bonchev–Trinajstić information content (AvgIpc) is 3.53. The van der Waals surface area contributed by atoms with Gasteiger partial charge in [0, 0.05) is 0 Å². The van der Waals surface area contributed by atoms with Crippen molar-refractivity contribution in [2.45, 2.75) is 24.4 Å². The first-order valence-electron chi connectivity index (χ1n) is 19.7. The summed E-state index contributed by atoms with van der Waals surface area (Å²) in [5, 5.41) is 8.17. The summed E-state index contributed by atoms with van der Waals surface area (Å²) in [6, 6.07) is 0. The molecule has 1 saturated heterocycles. The van der Waals surface area contributed by atoms with Gasteiger partial charge in [-0.3, -0.25) is 9.09 Å². The molecule has 35 heavy (non-hydrogen) atoms. The van der Waals surface area contributed by atoms with Gasteiger partial charge >= 0.3 is 23.5 Å². The Balaban J connectivity index is 0. The van der Waals surface area contributed by atoms with Crippen LogP contribution >= 0.6 is 23.5 Å². The van der Waals surface area contributed by atoms with Crippen LogP contribution in [-0.4, -0.2) is 82.7 Å². The van der Waals surface area contributed by atoms with E-state index in [-0.39, 0.29) is 34.8 Å². The lowest BCUT2D eigenvalue weighted by molar-refractivity contribution is -0.0503. The second kappa shape index (κ2) is 12.6. The zero-order valence-corrected chi connectivity index (χ0v) is 18.4. The van der Waals surface area contributed by atoms with Crippen molar-refractivity contribution in [3.63, 3.8) is 0 Å². The molecule has 20 N–H and O–H groups in total. The number of nitrogens with two attached hydrogens (primary N) is 1. The molecule has 22 nitrogen and oxygen atoms in total. The number of fused-ring (bicyclic) bond motifs is 1. The summed E-state index contributed by atoms with van der Waals surface area (Å²) in [6.45, 7) is -4.58. The molecule has 206 valence electrons. The van der Waals surface area contributed by atoms with E-state index in [2.05, 4.69) is 57.9 Å². The zero-order valence-electron chi connectivity index (χ0n) is 43.7.